The fraction of sp³-hybridized carbons (Fsp3) is 0.600. The van der Waals surface area contributed by atoms with Gasteiger partial charge < -0.3 is 43.0 Å². The summed E-state index contributed by atoms with van der Waals surface area (Å²) >= 11 is 0. The first-order valence-corrected chi connectivity index (χ1v) is 12.1. The summed E-state index contributed by atoms with van der Waals surface area (Å²) in [6.07, 6.45) is -6.67. The number of carboxylic acid groups (broad SMARTS) is 1. The van der Waals surface area contributed by atoms with Gasteiger partial charge in [0.2, 0.25) is 12.6 Å². The molecule has 0 bridgehead atoms. The van der Waals surface area contributed by atoms with Crippen LogP contribution in [0.4, 0.5) is 0 Å². The van der Waals surface area contributed by atoms with E-state index in [1.54, 1.807) is 6.92 Å². The molecule has 7 atom stereocenters. The molecule has 0 spiro atoms. The van der Waals surface area contributed by atoms with E-state index in [4.69, 9.17) is 37.9 Å². The molecule has 0 radical (unpaired) electrons. The zero-order chi connectivity index (χ0) is 30.1. The molecule has 1 fully saturated rings. The molecule has 15 nitrogen and oxygen atoms in total. The van der Waals surface area contributed by atoms with E-state index in [1.165, 1.54) is 6.08 Å². The monoisotopic (exact) mass is 572 g/mol. The van der Waals surface area contributed by atoms with Gasteiger partial charge in [-0.3, -0.25) is 24.0 Å². The third kappa shape index (κ3) is 8.51. The van der Waals surface area contributed by atoms with Crippen LogP contribution in [0.1, 0.15) is 41.0 Å². The minimum Gasteiger partial charge on any atom is -0.478 e. The summed E-state index contributed by atoms with van der Waals surface area (Å²) in [4.78, 5) is 71.3. The maximum atomic E-state index is 12.1. The first kappa shape index (κ1) is 32.2. The van der Waals surface area contributed by atoms with Crippen LogP contribution in [-0.2, 0) is 66.7 Å². The van der Waals surface area contributed by atoms with Crippen LogP contribution < -0.4 is 0 Å². The van der Waals surface area contributed by atoms with Crippen LogP contribution in [-0.4, -0.2) is 91.6 Å². The molecule has 0 aromatic rings. The lowest BCUT2D eigenvalue weighted by atomic mass is 9.86. The largest absolute Gasteiger partial charge is 0.478 e. The van der Waals surface area contributed by atoms with Crippen LogP contribution in [0, 0.1) is 5.92 Å². The highest BCUT2D eigenvalue weighted by molar-refractivity contribution is 5.89. The van der Waals surface area contributed by atoms with E-state index in [-0.39, 0.29) is 17.6 Å². The third-order valence-corrected chi connectivity index (χ3v) is 5.75. The minimum absolute atomic E-state index is 0.193. The number of esters is 5. The number of allylic oxidation sites excluding steroid dienone is 1. The van der Waals surface area contributed by atoms with E-state index in [0.717, 1.165) is 41.1 Å². The van der Waals surface area contributed by atoms with Gasteiger partial charge in [0.1, 0.15) is 12.7 Å². The number of ether oxygens (including phenoxy) is 8. The molecule has 2 aliphatic heterocycles. The van der Waals surface area contributed by atoms with Crippen molar-refractivity contribution in [2.24, 2.45) is 5.92 Å². The number of methoxy groups -OCH3 is 1. The standard InChI is InChI=1S/C25H32O15/c1-7-15-16(8-19(30)33-6)17(23(31)32)9-35-24(15)40-25-22(38-14(5)29)21(37-13(4)28)20(36-12(3)27)18(39-25)10-34-11(2)26/h7,9,16,18,20-22,24-25H,8,10H2,1-6H3,(H,31,32)/b15-7+/t16-,18+,20+,21-,22+,24-,25-/m0/s1. The van der Waals surface area contributed by atoms with Gasteiger partial charge >= 0.3 is 35.8 Å². The van der Waals surface area contributed by atoms with Crippen LogP contribution in [0.5, 0.6) is 0 Å². The molecule has 40 heavy (non-hydrogen) atoms. The third-order valence-electron chi connectivity index (χ3n) is 5.75. The highest BCUT2D eigenvalue weighted by Gasteiger charge is 2.54. The average Bonchev–Trinajstić information content (AvgIpc) is 2.85. The fourth-order valence-corrected chi connectivity index (χ4v) is 4.18. The Balaban J connectivity index is 2.54. The molecule has 1 saturated heterocycles. The van der Waals surface area contributed by atoms with Crippen molar-refractivity contribution in [3.05, 3.63) is 23.5 Å². The Bertz CT molecular complexity index is 1060. The van der Waals surface area contributed by atoms with E-state index in [2.05, 4.69) is 0 Å². The molecule has 0 aromatic heterocycles. The SMILES string of the molecule is C/C=C1/[C@H](O[C@@H]2O[C@H](COC(C)=O)[C@@H](OC(C)=O)[C@H](OC(C)=O)[C@H]2OC(C)=O)OC=C(C(=O)O)[C@H]1CC(=O)OC. The van der Waals surface area contributed by atoms with Crippen molar-refractivity contribution in [3.63, 3.8) is 0 Å². The van der Waals surface area contributed by atoms with Crippen LogP contribution in [0.3, 0.4) is 0 Å². The number of hydrogen-bond donors (Lipinski definition) is 1. The second-order valence-corrected chi connectivity index (χ2v) is 8.67. The van der Waals surface area contributed by atoms with Crippen LogP contribution in [0.15, 0.2) is 23.5 Å². The van der Waals surface area contributed by atoms with Crippen molar-refractivity contribution >= 4 is 35.8 Å². The van der Waals surface area contributed by atoms with E-state index < -0.39 is 85.3 Å². The first-order chi connectivity index (χ1) is 18.8. The molecule has 0 saturated carbocycles. The van der Waals surface area contributed by atoms with Crippen molar-refractivity contribution in [3.8, 4) is 0 Å². The van der Waals surface area contributed by atoms with E-state index in [0.29, 0.717) is 0 Å². The van der Waals surface area contributed by atoms with Gasteiger partial charge in [-0.25, -0.2) is 4.79 Å². The van der Waals surface area contributed by atoms with Gasteiger partial charge in [-0.15, -0.1) is 0 Å². The second kappa shape index (κ2) is 14.4. The predicted octanol–water partition coefficient (Wildman–Crippen LogP) is 0.537. The van der Waals surface area contributed by atoms with Gasteiger partial charge in [-0.2, -0.15) is 0 Å². The zero-order valence-electron chi connectivity index (χ0n) is 22.8. The summed E-state index contributed by atoms with van der Waals surface area (Å²) in [6.45, 7) is 5.42. The topological polar surface area (TPSA) is 196 Å². The molecule has 0 aliphatic carbocycles. The molecule has 0 unspecified atom stereocenters. The molecule has 222 valence electrons. The summed E-state index contributed by atoms with van der Waals surface area (Å²) < 4.78 is 43.1. The summed E-state index contributed by atoms with van der Waals surface area (Å²) in [5.41, 5.74) is -0.0574. The van der Waals surface area contributed by atoms with Crippen molar-refractivity contribution < 1.29 is 71.8 Å². The van der Waals surface area contributed by atoms with Gasteiger partial charge in [0, 0.05) is 39.2 Å². The number of carbonyl (C=O) groups excluding carboxylic acids is 5. The minimum atomic E-state index is -1.60. The number of hydrogen-bond acceptors (Lipinski definition) is 14. The van der Waals surface area contributed by atoms with Crippen molar-refractivity contribution in [1.29, 1.82) is 0 Å². The lowest BCUT2D eigenvalue weighted by molar-refractivity contribution is -0.331. The van der Waals surface area contributed by atoms with Gasteiger partial charge in [0.25, 0.3) is 0 Å². The van der Waals surface area contributed by atoms with E-state index in [1.807, 2.05) is 0 Å². The Morgan fingerprint density at radius 2 is 1.48 bits per heavy atom. The van der Waals surface area contributed by atoms with Crippen LogP contribution in [0.25, 0.3) is 0 Å². The maximum Gasteiger partial charge on any atom is 0.335 e. The molecule has 0 amide bonds. The first-order valence-electron chi connectivity index (χ1n) is 12.1. The summed E-state index contributed by atoms with van der Waals surface area (Å²) in [5.74, 6) is -6.25. The molecule has 2 rings (SSSR count). The Morgan fingerprint density at radius 3 is 1.98 bits per heavy atom. The maximum absolute atomic E-state index is 12.1. The second-order valence-electron chi connectivity index (χ2n) is 8.67. The summed E-state index contributed by atoms with van der Waals surface area (Å²) in [6, 6.07) is 0. The fourth-order valence-electron chi connectivity index (χ4n) is 4.18. The molecule has 2 heterocycles. The van der Waals surface area contributed by atoms with Crippen LogP contribution in [0.2, 0.25) is 0 Å². The quantitative estimate of drug-likeness (QED) is 0.216. The summed E-state index contributed by atoms with van der Waals surface area (Å²) in [7, 11) is 1.15. The van der Waals surface area contributed by atoms with E-state index >= 15 is 0 Å². The highest BCUT2D eigenvalue weighted by atomic mass is 16.8. The smallest absolute Gasteiger partial charge is 0.335 e. The molecule has 0 aromatic carbocycles. The lowest BCUT2D eigenvalue weighted by Crippen LogP contribution is -2.63. The van der Waals surface area contributed by atoms with Gasteiger partial charge in [-0.05, 0) is 6.92 Å². The number of carbonyl (C=O) groups is 6. The number of rotatable bonds is 10. The Morgan fingerprint density at radius 1 is 0.900 bits per heavy atom. The zero-order valence-corrected chi connectivity index (χ0v) is 22.8. The van der Waals surface area contributed by atoms with E-state index in [9.17, 15) is 33.9 Å². The average molecular weight is 573 g/mol. The van der Waals surface area contributed by atoms with Gasteiger partial charge in [-0.1, -0.05) is 6.08 Å². The molecule has 2 aliphatic rings. The molecular formula is C25H32O15. The van der Waals surface area contributed by atoms with Crippen molar-refractivity contribution in [1.82, 2.24) is 0 Å². The Kier molecular flexibility index (Phi) is 11.6. The Labute approximate surface area is 229 Å². The Hall–Kier alpha value is -3.98. The van der Waals surface area contributed by atoms with Gasteiger partial charge in [0.05, 0.1) is 25.4 Å². The normalized spacial score (nSPS) is 28.8. The highest BCUT2D eigenvalue weighted by Crippen LogP contribution is 2.37. The lowest BCUT2D eigenvalue weighted by Gasteiger charge is -2.45. The predicted molar refractivity (Wildman–Crippen MR) is 128 cm³/mol. The molecule has 1 N–H and O–H groups in total. The van der Waals surface area contributed by atoms with Crippen LogP contribution >= 0.6 is 0 Å². The molecular weight excluding hydrogens is 540 g/mol. The van der Waals surface area contributed by atoms with Gasteiger partial charge in [0.15, 0.2) is 18.3 Å². The number of aliphatic carboxylic acids is 1. The number of carboxylic acids is 1. The van der Waals surface area contributed by atoms with Crippen molar-refractivity contribution in [2.45, 2.75) is 78.0 Å². The molecule has 15 heteroatoms. The summed E-state index contributed by atoms with van der Waals surface area (Å²) in [5, 5.41) is 9.63. The van der Waals surface area contributed by atoms with Crippen molar-refractivity contribution in [2.75, 3.05) is 13.7 Å².